The number of ether oxygens (including phenoxy) is 1. The summed E-state index contributed by atoms with van der Waals surface area (Å²) >= 11 is 0. The fourth-order valence-electron chi connectivity index (χ4n) is 2.99. The highest BCUT2D eigenvalue weighted by Crippen LogP contribution is 2.28. The van der Waals surface area contributed by atoms with Gasteiger partial charge in [0.1, 0.15) is 0 Å². The highest BCUT2D eigenvalue weighted by atomic mass is 16.5. The summed E-state index contributed by atoms with van der Waals surface area (Å²) in [5, 5.41) is 8.02. The third-order valence-electron chi connectivity index (χ3n) is 4.08. The molecule has 4 nitrogen and oxygen atoms in total. The maximum Gasteiger partial charge on any atom is 0.0910 e. The summed E-state index contributed by atoms with van der Waals surface area (Å²) in [5.74, 6) is 0. The van der Waals surface area contributed by atoms with Crippen LogP contribution >= 0.6 is 0 Å². The molecule has 0 aromatic carbocycles. The molecule has 0 bridgehead atoms. The lowest BCUT2D eigenvalue weighted by atomic mass is 10.1. The van der Waals surface area contributed by atoms with Crippen LogP contribution in [0.5, 0.6) is 0 Å². The average Bonchev–Trinajstić information content (AvgIpc) is 3.08. The number of hydrogen-bond acceptors (Lipinski definition) is 3. The molecule has 1 atom stereocenters. The number of piperidine rings is 1. The first kappa shape index (κ1) is 12.2. The number of nitrogens with zero attached hydrogens (tertiary/aromatic N) is 2. The van der Waals surface area contributed by atoms with Crippen LogP contribution in [0.1, 0.15) is 50.3 Å². The maximum absolute atomic E-state index is 5.91. The minimum absolute atomic E-state index is 0.371. The van der Waals surface area contributed by atoms with Gasteiger partial charge in [0.2, 0.25) is 0 Å². The van der Waals surface area contributed by atoms with Gasteiger partial charge in [0.25, 0.3) is 0 Å². The summed E-state index contributed by atoms with van der Waals surface area (Å²) in [7, 11) is 0. The van der Waals surface area contributed by atoms with Crippen LogP contribution in [-0.2, 0) is 11.3 Å². The Bertz CT molecular complexity index is 365. The van der Waals surface area contributed by atoms with E-state index in [1.165, 1.54) is 38.5 Å². The van der Waals surface area contributed by atoms with Gasteiger partial charge in [0, 0.05) is 12.7 Å². The normalized spacial score (nSPS) is 25.7. The summed E-state index contributed by atoms with van der Waals surface area (Å²) < 4.78 is 8.05. The minimum Gasteiger partial charge on any atom is -0.371 e. The van der Waals surface area contributed by atoms with Crippen molar-refractivity contribution in [3.05, 3.63) is 18.0 Å². The molecule has 0 spiro atoms. The second kappa shape index (κ2) is 5.85. The molecule has 4 heteroatoms. The number of hydrogen-bond donors (Lipinski definition) is 1. The number of aromatic nitrogens is 2. The van der Waals surface area contributed by atoms with Crippen LogP contribution in [0.3, 0.4) is 0 Å². The maximum atomic E-state index is 5.91. The quantitative estimate of drug-likeness (QED) is 0.889. The Balaban J connectivity index is 1.50. The molecule has 2 fully saturated rings. The van der Waals surface area contributed by atoms with Crippen molar-refractivity contribution in [2.75, 3.05) is 13.1 Å². The molecule has 1 aromatic heterocycles. The Morgan fingerprint density at radius 2 is 2.17 bits per heavy atom. The summed E-state index contributed by atoms with van der Waals surface area (Å²) in [4.78, 5) is 0. The Hall–Kier alpha value is -0.870. The van der Waals surface area contributed by atoms with Gasteiger partial charge in [0.05, 0.1) is 24.4 Å². The van der Waals surface area contributed by atoms with E-state index in [9.17, 15) is 0 Å². The first-order valence-corrected chi connectivity index (χ1v) is 7.28. The molecule has 1 N–H and O–H groups in total. The van der Waals surface area contributed by atoms with Crippen LogP contribution in [0.2, 0.25) is 0 Å². The zero-order chi connectivity index (χ0) is 12.2. The van der Waals surface area contributed by atoms with Crippen LogP contribution < -0.4 is 5.32 Å². The van der Waals surface area contributed by atoms with E-state index in [1.807, 2.05) is 0 Å². The largest absolute Gasteiger partial charge is 0.371 e. The van der Waals surface area contributed by atoms with Gasteiger partial charge in [-0.05, 0) is 38.3 Å². The van der Waals surface area contributed by atoms with E-state index in [0.29, 0.717) is 18.8 Å². The molecule has 3 rings (SSSR count). The molecule has 0 radical (unpaired) electrons. The summed E-state index contributed by atoms with van der Waals surface area (Å²) in [5.41, 5.74) is 1.08. The number of rotatable bonds is 4. The monoisotopic (exact) mass is 249 g/mol. The van der Waals surface area contributed by atoms with E-state index in [4.69, 9.17) is 4.74 Å². The molecule has 2 aliphatic rings. The van der Waals surface area contributed by atoms with E-state index in [1.54, 1.807) is 0 Å². The predicted octanol–water partition coefficient (Wildman–Crippen LogP) is 2.27. The molecule has 0 amide bonds. The van der Waals surface area contributed by atoms with Crippen LogP contribution in [0, 0.1) is 0 Å². The third kappa shape index (κ3) is 2.93. The first-order valence-electron chi connectivity index (χ1n) is 7.28. The summed E-state index contributed by atoms with van der Waals surface area (Å²) in [6.45, 7) is 2.78. The first-order chi connectivity index (χ1) is 8.92. The zero-order valence-electron chi connectivity index (χ0n) is 11.0. The fraction of sp³-hybridized carbons (Fsp3) is 0.786. The molecule has 1 aromatic rings. The lowest BCUT2D eigenvalue weighted by Gasteiger charge is -2.22. The van der Waals surface area contributed by atoms with Crippen molar-refractivity contribution in [2.45, 2.75) is 57.3 Å². The third-order valence-corrected chi connectivity index (χ3v) is 4.08. The Labute approximate surface area is 109 Å². The molecule has 2 heterocycles. The lowest BCUT2D eigenvalue weighted by Crippen LogP contribution is -2.35. The lowest BCUT2D eigenvalue weighted by molar-refractivity contribution is 0.0233. The molecule has 1 saturated carbocycles. The fourth-order valence-corrected chi connectivity index (χ4v) is 2.99. The van der Waals surface area contributed by atoms with Gasteiger partial charge < -0.3 is 10.1 Å². The van der Waals surface area contributed by atoms with E-state index < -0.39 is 0 Å². The van der Waals surface area contributed by atoms with Crippen molar-refractivity contribution in [1.29, 1.82) is 0 Å². The van der Waals surface area contributed by atoms with Gasteiger partial charge >= 0.3 is 0 Å². The van der Waals surface area contributed by atoms with Crippen molar-refractivity contribution in [1.82, 2.24) is 15.1 Å². The standard InChI is InChI=1S/C14H23N3O/c1-2-5-13(4-1)17-9-7-12(16-17)11-18-14-6-3-8-15-10-14/h7,9,13-15H,1-6,8,10-11H2. The van der Waals surface area contributed by atoms with Crippen molar-refractivity contribution in [3.63, 3.8) is 0 Å². The van der Waals surface area contributed by atoms with Gasteiger partial charge in [-0.1, -0.05) is 12.8 Å². The molecule has 1 aliphatic carbocycles. The van der Waals surface area contributed by atoms with Gasteiger partial charge in [-0.25, -0.2) is 0 Å². The second-order valence-electron chi connectivity index (χ2n) is 5.50. The van der Waals surface area contributed by atoms with E-state index in [2.05, 4.69) is 27.4 Å². The second-order valence-corrected chi connectivity index (χ2v) is 5.50. The van der Waals surface area contributed by atoms with Crippen molar-refractivity contribution >= 4 is 0 Å². The summed E-state index contributed by atoms with van der Waals surface area (Å²) in [6.07, 6.45) is 10.2. The van der Waals surface area contributed by atoms with Gasteiger partial charge in [-0.3, -0.25) is 4.68 Å². The van der Waals surface area contributed by atoms with Crippen molar-refractivity contribution < 1.29 is 4.74 Å². The van der Waals surface area contributed by atoms with Crippen LogP contribution in [0.15, 0.2) is 12.3 Å². The van der Waals surface area contributed by atoms with Crippen LogP contribution in [0.25, 0.3) is 0 Å². The Morgan fingerprint density at radius 3 is 2.94 bits per heavy atom. The SMILES string of the molecule is c1cn(C2CCCC2)nc1COC1CCCNC1. The molecular weight excluding hydrogens is 226 g/mol. The molecular formula is C14H23N3O. The Kier molecular flexibility index (Phi) is 3.96. The van der Waals surface area contributed by atoms with Gasteiger partial charge in [-0.2, -0.15) is 5.10 Å². The van der Waals surface area contributed by atoms with Crippen LogP contribution in [0.4, 0.5) is 0 Å². The van der Waals surface area contributed by atoms with Crippen molar-refractivity contribution in [2.24, 2.45) is 0 Å². The molecule has 18 heavy (non-hydrogen) atoms. The molecule has 1 saturated heterocycles. The van der Waals surface area contributed by atoms with Gasteiger partial charge in [-0.15, -0.1) is 0 Å². The highest BCUT2D eigenvalue weighted by molar-refractivity contribution is 4.99. The van der Waals surface area contributed by atoms with E-state index >= 15 is 0 Å². The summed E-state index contributed by atoms with van der Waals surface area (Å²) in [6, 6.07) is 2.74. The van der Waals surface area contributed by atoms with E-state index in [-0.39, 0.29) is 0 Å². The molecule has 1 unspecified atom stereocenters. The smallest absolute Gasteiger partial charge is 0.0910 e. The zero-order valence-corrected chi connectivity index (χ0v) is 11.0. The Morgan fingerprint density at radius 1 is 1.28 bits per heavy atom. The highest BCUT2D eigenvalue weighted by Gasteiger charge is 2.18. The molecule has 1 aliphatic heterocycles. The van der Waals surface area contributed by atoms with Crippen molar-refractivity contribution in [3.8, 4) is 0 Å². The van der Waals surface area contributed by atoms with E-state index in [0.717, 1.165) is 18.8 Å². The number of nitrogens with one attached hydrogen (secondary N) is 1. The van der Waals surface area contributed by atoms with Gasteiger partial charge in [0.15, 0.2) is 0 Å². The topological polar surface area (TPSA) is 39.1 Å². The minimum atomic E-state index is 0.371. The molecule has 100 valence electrons. The predicted molar refractivity (Wildman–Crippen MR) is 70.4 cm³/mol. The average molecular weight is 249 g/mol. The van der Waals surface area contributed by atoms with Crippen LogP contribution in [-0.4, -0.2) is 29.0 Å².